The van der Waals surface area contributed by atoms with Crippen molar-refractivity contribution < 1.29 is 21.6 Å². The molecule has 0 saturated heterocycles. The van der Waals surface area contributed by atoms with Crippen LogP contribution in [0.2, 0.25) is 0 Å². The third-order valence-corrected chi connectivity index (χ3v) is 5.29. The number of benzene rings is 2. The molecule has 2 N–H and O–H groups in total. The lowest BCUT2D eigenvalue weighted by Crippen LogP contribution is -2.26. The molecule has 8 heteroatoms. The molecule has 0 amide bonds. The maximum atomic E-state index is 12.7. The molecule has 3 aromatic rings. The van der Waals surface area contributed by atoms with Crippen LogP contribution in [0, 0.1) is 0 Å². The Labute approximate surface area is 142 Å². The van der Waals surface area contributed by atoms with Crippen molar-refractivity contribution in [2.45, 2.75) is 17.5 Å². The van der Waals surface area contributed by atoms with E-state index in [-0.39, 0.29) is 6.54 Å². The Balaban J connectivity index is 1.72. The highest BCUT2D eigenvalue weighted by atomic mass is 32.2. The molecule has 0 aliphatic rings. The van der Waals surface area contributed by atoms with Crippen LogP contribution in [-0.2, 0) is 22.6 Å². The Kier molecular flexibility index (Phi) is 4.57. The van der Waals surface area contributed by atoms with Crippen LogP contribution < -0.4 is 4.72 Å². The Morgan fingerprint density at radius 1 is 1.04 bits per heavy atom. The normalized spacial score (nSPS) is 12.6. The lowest BCUT2D eigenvalue weighted by Gasteiger charge is -2.10. The molecule has 1 heterocycles. The second-order valence-electron chi connectivity index (χ2n) is 5.53. The summed E-state index contributed by atoms with van der Waals surface area (Å²) in [6, 6.07) is 11.3. The first-order valence-corrected chi connectivity index (χ1v) is 8.97. The third-order valence-electron chi connectivity index (χ3n) is 3.83. The molecular formula is C17H15F3N2O2S. The summed E-state index contributed by atoms with van der Waals surface area (Å²) < 4.78 is 65.0. The predicted octanol–water partition coefficient (Wildman–Crippen LogP) is 3.71. The summed E-state index contributed by atoms with van der Waals surface area (Å²) in [5, 5.41) is 0.987. The predicted molar refractivity (Wildman–Crippen MR) is 88.6 cm³/mol. The van der Waals surface area contributed by atoms with Gasteiger partial charge in [0.15, 0.2) is 0 Å². The van der Waals surface area contributed by atoms with Crippen LogP contribution in [0.3, 0.4) is 0 Å². The molecule has 132 valence electrons. The fourth-order valence-electron chi connectivity index (χ4n) is 2.58. The quantitative estimate of drug-likeness (QED) is 0.721. The maximum absolute atomic E-state index is 12.7. The second kappa shape index (κ2) is 6.53. The number of H-pyrrole nitrogens is 1. The van der Waals surface area contributed by atoms with Gasteiger partial charge in [-0.2, -0.15) is 13.2 Å². The highest BCUT2D eigenvalue weighted by Crippen LogP contribution is 2.30. The van der Waals surface area contributed by atoms with Crippen LogP contribution in [0.5, 0.6) is 0 Å². The van der Waals surface area contributed by atoms with Crippen LogP contribution in [0.25, 0.3) is 10.9 Å². The highest BCUT2D eigenvalue weighted by molar-refractivity contribution is 7.89. The third kappa shape index (κ3) is 3.85. The fraction of sp³-hybridized carbons (Fsp3) is 0.176. The number of aromatic nitrogens is 1. The molecule has 0 aliphatic heterocycles. The Hall–Kier alpha value is -2.32. The number of sulfonamides is 1. The molecule has 4 nitrogen and oxygen atoms in total. The molecule has 25 heavy (non-hydrogen) atoms. The van der Waals surface area contributed by atoms with Gasteiger partial charge in [-0.3, -0.25) is 0 Å². The van der Waals surface area contributed by atoms with Gasteiger partial charge in [-0.1, -0.05) is 24.3 Å². The van der Waals surface area contributed by atoms with Crippen molar-refractivity contribution in [3.63, 3.8) is 0 Å². The number of alkyl halides is 3. The highest BCUT2D eigenvalue weighted by Gasteiger charge is 2.31. The topological polar surface area (TPSA) is 62.0 Å². The largest absolute Gasteiger partial charge is 0.416 e. The van der Waals surface area contributed by atoms with Gasteiger partial charge in [0.1, 0.15) is 0 Å². The van der Waals surface area contributed by atoms with Gasteiger partial charge in [-0.15, -0.1) is 0 Å². The van der Waals surface area contributed by atoms with E-state index in [4.69, 9.17) is 0 Å². The number of fused-ring (bicyclic) bond motifs is 1. The van der Waals surface area contributed by atoms with E-state index in [1.54, 1.807) is 6.20 Å². The minimum Gasteiger partial charge on any atom is -0.361 e. The summed E-state index contributed by atoms with van der Waals surface area (Å²) in [4.78, 5) is 2.69. The average molecular weight is 368 g/mol. The van der Waals surface area contributed by atoms with Gasteiger partial charge in [-0.25, -0.2) is 13.1 Å². The van der Waals surface area contributed by atoms with Gasteiger partial charge < -0.3 is 4.98 Å². The smallest absolute Gasteiger partial charge is 0.361 e. The summed E-state index contributed by atoms with van der Waals surface area (Å²) in [6.45, 7) is 0.0838. The maximum Gasteiger partial charge on any atom is 0.416 e. The molecule has 0 atom stereocenters. The van der Waals surface area contributed by atoms with Crippen LogP contribution in [0.1, 0.15) is 11.1 Å². The number of para-hydroxylation sites is 1. The monoisotopic (exact) mass is 368 g/mol. The number of hydrogen-bond acceptors (Lipinski definition) is 2. The number of aromatic amines is 1. The minimum atomic E-state index is -4.59. The van der Waals surface area contributed by atoms with Crippen molar-refractivity contribution in [1.82, 2.24) is 9.71 Å². The number of hydrogen-bond donors (Lipinski definition) is 2. The molecule has 0 saturated carbocycles. The van der Waals surface area contributed by atoms with Gasteiger partial charge in [-0.05, 0) is 36.2 Å². The Bertz CT molecular complexity index is 994. The molecule has 2 aromatic carbocycles. The molecule has 0 spiro atoms. The van der Waals surface area contributed by atoms with Gasteiger partial charge in [0, 0.05) is 23.6 Å². The van der Waals surface area contributed by atoms with E-state index in [1.165, 1.54) is 0 Å². The molecule has 0 aliphatic carbocycles. The summed E-state index contributed by atoms with van der Waals surface area (Å²) in [7, 11) is -4.01. The molecular weight excluding hydrogens is 353 g/mol. The van der Waals surface area contributed by atoms with Crippen LogP contribution >= 0.6 is 0 Å². The van der Waals surface area contributed by atoms with Crippen molar-refractivity contribution in [2.75, 3.05) is 6.54 Å². The van der Waals surface area contributed by atoms with Crippen molar-refractivity contribution in [3.05, 3.63) is 65.9 Å². The van der Waals surface area contributed by atoms with Crippen molar-refractivity contribution in [2.24, 2.45) is 0 Å². The van der Waals surface area contributed by atoms with E-state index in [0.29, 0.717) is 12.5 Å². The van der Waals surface area contributed by atoms with E-state index in [9.17, 15) is 21.6 Å². The summed E-state index contributed by atoms with van der Waals surface area (Å²) >= 11 is 0. The average Bonchev–Trinajstić information content (AvgIpc) is 2.97. The minimum absolute atomic E-state index is 0.0838. The Morgan fingerprint density at radius 3 is 2.56 bits per heavy atom. The number of rotatable bonds is 5. The van der Waals surface area contributed by atoms with Crippen molar-refractivity contribution in [1.29, 1.82) is 0 Å². The summed E-state index contributed by atoms with van der Waals surface area (Å²) in [5.41, 5.74) is 0.882. The lowest BCUT2D eigenvalue weighted by molar-refractivity contribution is -0.137. The van der Waals surface area contributed by atoms with Crippen molar-refractivity contribution >= 4 is 20.9 Å². The first-order valence-electron chi connectivity index (χ1n) is 7.49. The van der Waals surface area contributed by atoms with E-state index >= 15 is 0 Å². The van der Waals surface area contributed by atoms with E-state index < -0.39 is 26.7 Å². The molecule has 3 rings (SSSR count). The zero-order chi connectivity index (χ0) is 18.1. The molecule has 0 radical (unpaired) electrons. The van der Waals surface area contributed by atoms with Crippen LogP contribution in [0.4, 0.5) is 13.2 Å². The molecule has 0 fully saturated rings. The number of halogens is 3. The van der Waals surface area contributed by atoms with E-state index in [1.807, 2.05) is 24.3 Å². The SMILES string of the molecule is O=S(=O)(NCCc1c[nH]c2ccccc12)c1cccc(C(F)(F)F)c1. The van der Waals surface area contributed by atoms with Crippen LogP contribution in [0.15, 0.2) is 59.6 Å². The van der Waals surface area contributed by atoms with E-state index in [0.717, 1.165) is 34.7 Å². The van der Waals surface area contributed by atoms with Gasteiger partial charge in [0.2, 0.25) is 10.0 Å². The first kappa shape index (κ1) is 17.5. The van der Waals surface area contributed by atoms with Crippen LogP contribution in [-0.4, -0.2) is 19.9 Å². The molecule has 0 bridgehead atoms. The fourth-order valence-corrected chi connectivity index (χ4v) is 3.66. The first-order chi connectivity index (χ1) is 11.8. The zero-order valence-corrected chi connectivity index (χ0v) is 13.8. The van der Waals surface area contributed by atoms with Crippen molar-refractivity contribution in [3.8, 4) is 0 Å². The lowest BCUT2D eigenvalue weighted by atomic mass is 10.1. The molecule has 1 aromatic heterocycles. The van der Waals surface area contributed by atoms with Gasteiger partial charge in [0.25, 0.3) is 0 Å². The molecule has 0 unspecified atom stereocenters. The Morgan fingerprint density at radius 2 is 1.80 bits per heavy atom. The van der Waals surface area contributed by atoms with E-state index in [2.05, 4.69) is 9.71 Å². The summed E-state index contributed by atoms with van der Waals surface area (Å²) in [6.07, 6.45) is -2.37. The second-order valence-corrected chi connectivity index (χ2v) is 7.30. The van der Waals surface area contributed by atoms with Gasteiger partial charge in [0.05, 0.1) is 10.5 Å². The number of nitrogens with one attached hydrogen (secondary N) is 2. The summed E-state index contributed by atoms with van der Waals surface area (Å²) in [5.74, 6) is 0. The zero-order valence-electron chi connectivity index (χ0n) is 13.0. The standard InChI is InChI=1S/C17H15F3N2O2S/c18-17(19,20)13-4-3-5-14(10-13)25(23,24)22-9-8-12-11-21-16-7-2-1-6-15(12)16/h1-7,10-11,21-22H,8-9H2. The van der Waals surface area contributed by atoms with Gasteiger partial charge >= 0.3 is 6.18 Å².